The zero-order chi connectivity index (χ0) is 20.6. The van der Waals surface area contributed by atoms with E-state index in [0.29, 0.717) is 25.8 Å². The van der Waals surface area contributed by atoms with Gasteiger partial charge in [0.2, 0.25) is 0 Å². The fraction of sp³-hybridized carbons (Fsp3) is 0.400. The fourth-order valence-corrected chi connectivity index (χ4v) is 3.25. The standard InChI is InChI=1S/C20H23FN4O4/c21-15-4-2-1-3-14(15)19(27)25-16-6-5-13(29-18(16)12-26)7-8-24-20(28)17-11-22-9-10-23-17/h1-4,9-11,13,16,18,26H,5-8,12H2,(H,24,28)(H,25,27)/t13-,16-,18+/m1/s1. The maximum absolute atomic E-state index is 13.8. The van der Waals surface area contributed by atoms with E-state index in [1.807, 2.05) is 0 Å². The molecular formula is C20H23FN4O4. The van der Waals surface area contributed by atoms with Crippen molar-refractivity contribution in [2.24, 2.45) is 0 Å². The molecule has 0 aliphatic carbocycles. The smallest absolute Gasteiger partial charge is 0.271 e. The van der Waals surface area contributed by atoms with Gasteiger partial charge in [-0.3, -0.25) is 14.6 Å². The maximum atomic E-state index is 13.8. The number of rotatable bonds is 7. The molecule has 1 fully saturated rings. The van der Waals surface area contributed by atoms with Crippen molar-refractivity contribution in [1.29, 1.82) is 0 Å². The number of ether oxygens (including phenoxy) is 1. The molecule has 0 spiro atoms. The Hall–Kier alpha value is -2.91. The molecule has 0 bridgehead atoms. The lowest BCUT2D eigenvalue weighted by atomic mass is 9.96. The molecule has 154 valence electrons. The molecule has 8 nitrogen and oxygen atoms in total. The Balaban J connectivity index is 1.47. The second-order valence-electron chi connectivity index (χ2n) is 6.75. The molecular weight excluding hydrogens is 379 g/mol. The number of nitrogens with zero attached hydrogens (tertiary/aromatic N) is 2. The van der Waals surface area contributed by atoms with Gasteiger partial charge in [-0.1, -0.05) is 12.1 Å². The van der Waals surface area contributed by atoms with Crippen LogP contribution in [-0.4, -0.2) is 58.3 Å². The van der Waals surface area contributed by atoms with E-state index in [1.54, 1.807) is 6.07 Å². The molecule has 1 aromatic heterocycles. The Bertz CT molecular complexity index is 836. The molecule has 2 aromatic rings. The van der Waals surface area contributed by atoms with Crippen molar-refractivity contribution in [2.45, 2.75) is 37.5 Å². The number of hydrogen-bond acceptors (Lipinski definition) is 6. The third-order valence-corrected chi connectivity index (χ3v) is 4.78. The quantitative estimate of drug-likeness (QED) is 0.639. The molecule has 29 heavy (non-hydrogen) atoms. The van der Waals surface area contributed by atoms with Gasteiger partial charge in [-0.2, -0.15) is 0 Å². The van der Waals surface area contributed by atoms with Crippen LogP contribution in [0, 0.1) is 5.82 Å². The normalized spacial score (nSPS) is 21.4. The van der Waals surface area contributed by atoms with E-state index in [2.05, 4.69) is 20.6 Å². The zero-order valence-corrected chi connectivity index (χ0v) is 15.8. The molecule has 3 atom stereocenters. The number of benzene rings is 1. The third-order valence-electron chi connectivity index (χ3n) is 4.78. The van der Waals surface area contributed by atoms with E-state index >= 15 is 0 Å². The Labute approximate surface area is 167 Å². The number of nitrogens with one attached hydrogen (secondary N) is 2. The van der Waals surface area contributed by atoms with Crippen molar-refractivity contribution in [3.05, 3.63) is 59.9 Å². The summed E-state index contributed by atoms with van der Waals surface area (Å²) in [7, 11) is 0. The largest absolute Gasteiger partial charge is 0.394 e. The Morgan fingerprint density at radius 1 is 1.21 bits per heavy atom. The Morgan fingerprint density at radius 3 is 2.76 bits per heavy atom. The van der Waals surface area contributed by atoms with Crippen LogP contribution >= 0.6 is 0 Å². The van der Waals surface area contributed by atoms with Gasteiger partial charge in [0.15, 0.2) is 0 Å². The molecule has 1 aliphatic heterocycles. The molecule has 1 aliphatic rings. The van der Waals surface area contributed by atoms with Crippen molar-refractivity contribution >= 4 is 11.8 Å². The second-order valence-corrected chi connectivity index (χ2v) is 6.75. The van der Waals surface area contributed by atoms with Gasteiger partial charge in [-0.15, -0.1) is 0 Å². The van der Waals surface area contributed by atoms with Crippen LogP contribution in [0.2, 0.25) is 0 Å². The summed E-state index contributed by atoms with van der Waals surface area (Å²) >= 11 is 0. The summed E-state index contributed by atoms with van der Waals surface area (Å²) in [4.78, 5) is 32.1. The molecule has 2 heterocycles. The first-order valence-electron chi connectivity index (χ1n) is 9.44. The van der Waals surface area contributed by atoms with Crippen LogP contribution < -0.4 is 10.6 Å². The van der Waals surface area contributed by atoms with Crippen LogP contribution in [-0.2, 0) is 4.74 Å². The van der Waals surface area contributed by atoms with E-state index < -0.39 is 23.9 Å². The molecule has 1 saturated heterocycles. The molecule has 0 unspecified atom stereocenters. The van der Waals surface area contributed by atoms with Gasteiger partial charge in [0.1, 0.15) is 17.6 Å². The van der Waals surface area contributed by atoms with Gasteiger partial charge in [0.25, 0.3) is 11.8 Å². The highest BCUT2D eigenvalue weighted by Gasteiger charge is 2.32. The summed E-state index contributed by atoms with van der Waals surface area (Å²) in [6.45, 7) is 0.106. The van der Waals surface area contributed by atoms with Crippen molar-refractivity contribution in [2.75, 3.05) is 13.2 Å². The molecule has 0 radical (unpaired) electrons. The summed E-state index contributed by atoms with van der Waals surface area (Å²) in [6.07, 6.45) is 5.32. The van der Waals surface area contributed by atoms with Gasteiger partial charge < -0.3 is 20.5 Å². The van der Waals surface area contributed by atoms with Crippen molar-refractivity contribution in [1.82, 2.24) is 20.6 Å². The summed E-state index contributed by atoms with van der Waals surface area (Å²) in [5.41, 5.74) is 0.194. The highest BCUT2D eigenvalue weighted by molar-refractivity contribution is 5.94. The minimum Gasteiger partial charge on any atom is -0.394 e. The van der Waals surface area contributed by atoms with E-state index in [1.165, 1.54) is 36.8 Å². The zero-order valence-electron chi connectivity index (χ0n) is 15.8. The Kier molecular flexibility index (Phi) is 7.20. The van der Waals surface area contributed by atoms with E-state index in [4.69, 9.17) is 4.74 Å². The lowest BCUT2D eigenvalue weighted by Gasteiger charge is -2.36. The van der Waals surface area contributed by atoms with Crippen molar-refractivity contribution < 1.29 is 23.8 Å². The highest BCUT2D eigenvalue weighted by atomic mass is 19.1. The topological polar surface area (TPSA) is 113 Å². The van der Waals surface area contributed by atoms with Gasteiger partial charge in [0, 0.05) is 18.9 Å². The summed E-state index contributed by atoms with van der Waals surface area (Å²) in [6, 6.07) is 5.31. The fourth-order valence-electron chi connectivity index (χ4n) is 3.25. The van der Waals surface area contributed by atoms with Crippen LogP contribution in [0.15, 0.2) is 42.9 Å². The second kappa shape index (κ2) is 10.0. The van der Waals surface area contributed by atoms with Gasteiger partial charge in [0.05, 0.1) is 30.5 Å². The predicted molar refractivity (Wildman–Crippen MR) is 102 cm³/mol. The monoisotopic (exact) mass is 402 g/mol. The molecule has 3 N–H and O–H groups in total. The lowest BCUT2D eigenvalue weighted by Crippen LogP contribution is -2.51. The van der Waals surface area contributed by atoms with Crippen LogP contribution in [0.25, 0.3) is 0 Å². The number of amides is 2. The van der Waals surface area contributed by atoms with Gasteiger partial charge >= 0.3 is 0 Å². The van der Waals surface area contributed by atoms with Crippen LogP contribution in [0.5, 0.6) is 0 Å². The molecule has 2 amide bonds. The molecule has 9 heteroatoms. The van der Waals surface area contributed by atoms with Gasteiger partial charge in [-0.05, 0) is 31.4 Å². The first kappa shape index (κ1) is 20.8. The van der Waals surface area contributed by atoms with Crippen LogP contribution in [0.4, 0.5) is 4.39 Å². The summed E-state index contributed by atoms with van der Waals surface area (Å²) < 4.78 is 19.6. The molecule has 0 saturated carbocycles. The summed E-state index contributed by atoms with van der Waals surface area (Å²) in [5.74, 6) is -1.45. The highest BCUT2D eigenvalue weighted by Crippen LogP contribution is 2.22. The average molecular weight is 402 g/mol. The van der Waals surface area contributed by atoms with E-state index in [-0.39, 0.29) is 29.9 Å². The number of aliphatic hydroxyl groups excluding tert-OH is 1. The number of carbonyl (C=O) groups is 2. The van der Waals surface area contributed by atoms with Crippen molar-refractivity contribution in [3.8, 4) is 0 Å². The van der Waals surface area contributed by atoms with Crippen LogP contribution in [0.1, 0.15) is 40.1 Å². The number of hydrogen-bond donors (Lipinski definition) is 3. The summed E-state index contributed by atoms with van der Waals surface area (Å²) in [5, 5.41) is 15.1. The first-order valence-corrected chi connectivity index (χ1v) is 9.44. The van der Waals surface area contributed by atoms with Gasteiger partial charge in [-0.25, -0.2) is 9.37 Å². The lowest BCUT2D eigenvalue weighted by molar-refractivity contribution is -0.0893. The molecule has 3 rings (SSSR count). The Morgan fingerprint density at radius 2 is 2.03 bits per heavy atom. The average Bonchev–Trinajstić information content (AvgIpc) is 2.75. The number of aromatic nitrogens is 2. The van der Waals surface area contributed by atoms with Crippen LogP contribution in [0.3, 0.4) is 0 Å². The van der Waals surface area contributed by atoms with Crippen molar-refractivity contribution in [3.63, 3.8) is 0 Å². The number of halogens is 1. The minimum absolute atomic E-state index is 0.0435. The number of aliphatic hydroxyl groups is 1. The SMILES string of the molecule is O=C(NCC[C@H]1CC[C@@H](NC(=O)c2ccccc2F)[C@H](CO)O1)c1cnccn1. The third kappa shape index (κ3) is 5.55. The predicted octanol–water partition coefficient (Wildman–Crippen LogP) is 1.07. The van der Waals surface area contributed by atoms with E-state index in [0.717, 1.165) is 0 Å². The first-order chi connectivity index (χ1) is 14.1. The minimum atomic E-state index is -0.598. The van der Waals surface area contributed by atoms with E-state index in [9.17, 15) is 19.1 Å². The molecule has 1 aromatic carbocycles. The number of carbonyl (C=O) groups excluding carboxylic acids is 2. The maximum Gasteiger partial charge on any atom is 0.271 e.